The summed E-state index contributed by atoms with van der Waals surface area (Å²) >= 11 is 6.87. The molecule has 0 aromatic heterocycles. The van der Waals surface area contributed by atoms with E-state index in [-0.39, 0.29) is 22.7 Å². The first-order valence-electron chi connectivity index (χ1n) is 9.03. The number of carbonyl (C=O) groups excluding carboxylic acids is 3. The number of amides is 2. The van der Waals surface area contributed by atoms with E-state index in [1.54, 1.807) is 12.1 Å². The lowest BCUT2D eigenvalue weighted by molar-refractivity contribution is -0.120. The molecule has 0 unspecified atom stereocenters. The molecule has 28 heavy (non-hydrogen) atoms. The lowest BCUT2D eigenvalue weighted by Gasteiger charge is -2.06. The molecule has 1 aliphatic rings. The van der Waals surface area contributed by atoms with Crippen molar-refractivity contribution < 1.29 is 14.4 Å². The predicted octanol–water partition coefficient (Wildman–Crippen LogP) is 2.92. The van der Waals surface area contributed by atoms with E-state index in [4.69, 9.17) is 11.6 Å². The van der Waals surface area contributed by atoms with Crippen LogP contribution in [-0.2, 0) is 14.4 Å². The molecular formula is C19H23ClN4O3S. The molecule has 1 aromatic rings. The number of nitrogens with zero attached hydrogens (tertiary/aromatic N) is 2. The number of benzene rings is 1. The molecule has 1 heterocycles. The summed E-state index contributed by atoms with van der Waals surface area (Å²) in [5.41, 5.74) is 1.73. The number of nitrogens with one attached hydrogen (secondary N) is 2. The van der Waals surface area contributed by atoms with E-state index in [1.165, 1.54) is 6.92 Å². The Balaban J connectivity index is 1.54. The number of thioether (sulfide) groups is 1. The van der Waals surface area contributed by atoms with E-state index < -0.39 is 0 Å². The van der Waals surface area contributed by atoms with Crippen LogP contribution in [0.2, 0.25) is 5.02 Å². The number of hydrogen-bond acceptors (Lipinski definition) is 6. The van der Waals surface area contributed by atoms with Crippen molar-refractivity contribution in [2.24, 2.45) is 10.2 Å². The summed E-state index contributed by atoms with van der Waals surface area (Å²) in [6.07, 6.45) is 3.21. The van der Waals surface area contributed by atoms with Crippen LogP contribution in [0.4, 0.5) is 0 Å². The molecular weight excluding hydrogens is 400 g/mol. The Labute approximate surface area is 173 Å². The number of hydrogen-bond donors (Lipinski definition) is 2. The highest BCUT2D eigenvalue weighted by molar-refractivity contribution is 8.14. The van der Waals surface area contributed by atoms with E-state index in [9.17, 15) is 14.4 Å². The maximum Gasteiger partial charge on any atom is 0.230 e. The van der Waals surface area contributed by atoms with Crippen molar-refractivity contribution in [2.45, 2.75) is 39.0 Å². The fraction of sp³-hybridized carbons (Fsp3) is 0.421. The Morgan fingerprint density at radius 3 is 2.54 bits per heavy atom. The largest absolute Gasteiger partial charge is 0.355 e. The quantitative estimate of drug-likeness (QED) is 0.597. The summed E-state index contributed by atoms with van der Waals surface area (Å²) in [6.45, 7) is 1.98. The van der Waals surface area contributed by atoms with Gasteiger partial charge < -0.3 is 10.6 Å². The molecule has 0 fully saturated rings. The summed E-state index contributed by atoms with van der Waals surface area (Å²) in [4.78, 5) is 34.2. The molecule has 0 aliphatic carbocycles. The number of unbranched alkanes of at least 4 members (excludes halogenated alkanes) is 2. The van der Waals surface area contributed by atoms with Gasteiger partial charge >= 0.3 is 0 Å². The Bertz CT molecular complexity index is 778. The van der Waals surface area contributed by atoms with E-state index in [0.29, 0.717) is 30.2 Å². The van der Waals surface area contributed by atoms with Gasteiger partial charge in [0.25, 0.3) is 0 Å². The maximum atomic E-state index is 12.0. The average Bonchev–Trinajstić information content (AvgIpc) is 3.11. The molecule has 2 rings (SSSR count). The van der Waals surface area contributed by atoms with Crippen LogP contribution in [0.1, 0.15) is 44.6 Å². The molecule has 1 aliphatic heterocycles. The molecule has 2 N–H and O–H groups in total. The average molecular weight is 423 g/mol. The first-order valence-corrected chi connectivity index (χ1v) is 10.4. The zero-order chi connectivity index (χ0) is 20.4. The standard InChI is InChI=1S/C19H23ClN4O3S/c1-13(25)28-12-19(27)21-10-4-2-3-5-18(26)22-17-11-16(23-24-17)14-6-8-15(20)9-7-14/h6-9H,2-5,10-12H2,1H3,(H,21,27)(H,22,24,26). The van der Waals surface area contributed by atoms with Crippen LogP contribution in [0.5, 0.6) is 0 Å². The Morgan fingerprint density at radius 2 is 1.82 bits per heavy atom. The minimum Gasteiger partial charge on any atom is -0.355 e. The van der Waals surface area contributed by atoms with Crippen molar-refractivity contribution in [1.29, 1.82) is 0 Å². The van der Waals surface area contributed by atoms with Crippen LogP contribution in [-0.4, -0.2) is 40.8 Å². The van der Waals surface area contributed by atoms with E-state index in [1.807, 2.05) is 12.1 Å². The normalized spacial score (nSPS) is 12.9. The SMILES string of the molecule is CC(=O)SCC(=O)NCCCCCC(=O)NC1=NN=C(c2ccc(Cl)cc2)C1. The predicted molar refractivity (Wildman–Crippen MR) is 113 cm³/mol. The summed E-state index contributed by atoms with van der Waals surface area (Å²) in [5.74, 6) is 0.465. The van der Waals surface area contributed by atoms with Gasteiger partial charge in [0, 0.05) is 24.9 Å². The van der Waals surface area contributed by atoms with Gasteiger partial charge in [-0.25, -0.2) is 0 Å². The molecule has 0 saturated carbocycles. The third-order valence-corrected chi connectivity index (χ3v) is 4.96. The Kier molecular flexibility index (Phi) is 9.16. The van der Waals surface area contributed by atoms with Crippen molar-refractivity contribution >= 4 is 51.8 Å². The van der Waals surface area contributed by atoms with Crippen LogP contribution in [0.15, 0.2) is 34.5 Å². The second-order valence-corrected chi connectivity index (χ2v) is 7.85. The molecule has 2 amide bonds. The molecule has 0 spiro atoms. The Hall–Kier alpha value is -2.19. The minimum atomic E-state index is -0.145. The molecule has 150 valence electrons. The van der Waals surface area contributed by atoms with E-state index >= 15 is 0 Å². The minimum absolute atomic E-state index is 0.0706. The first kappa shape index (κ1) is 22.1. The van der Waals surface area contributed by atoms with Gasteiger partial charge in [-0.15, -0.1) is 5.10 Å². The van der Waals surface area contributed by atoms with E-state index in [0.717, 1.165) is 42.3 Å². The molecule has 0 saturated heterocycles. The monoisotopic (exact) mass is 422 g/mol. The molecule has 0 atom stereocenters. The topological polar surface area (TPSA) is 100.0 Å². The van der Waals surface area contributed by atoms with Gasteiger partial charge in [0.2, 0.25) is 11.8 Å². The molecule has 7 nitrogen and oxygen atoms in total. The second kappa shape index (κ2) is 11.6. The summed E-state index contributed by atoms with van der Waals surface area (Å²) in [5, 5.41) is 14.3. The third kappa shape index (κ3) is 8.22. The van der Waals surface area contributed by atoms with E-state index in [2.05, 4.69) is 20.8 Å². The van der Waals surface area contributed by atoms with Gasteiger partial charge in [-0.2, -0.15) is 5.10 Å². The Morgan fingerprint density at radius 1 is 1.07 bits per heavy atom. The second-order valence-electron chi connectivity index (χ2n) is 6.27. The van der Waals surface area contributed by atoms with Gasteiger partial charge in [-0.1, -0.05) is 41.9 Å². The van der Waals surface area contributed by atoms with Crippen molar-refractivity contribution in [3.63, 3.8) is 0 Å². The molecule has 0 bridgehead atoms. The molecule has 0 radical (unpaired) electrons. The van der Waals surface area contributed by atoms with Gasteiger partial charge in [0.1, 0.15) is 5.84 Å². The van der Waals surface area contributed by atoms with Crippen LogP contribution < -0.4 is 10.6 Å². The number of carbonyl (C=O) groups is 3. The highest BCUT2D eigenvalue weighted by Crippen LogP contribution is 2.14. The zero-order valence-corrected chi connectivity index (χ0v) is 17.2. The maximum absolute atomic E-state index is 12.0. The van der Waals surface area contributed by atoms with Crippen molar-refractivity contribution in [1.82, 2.24) is 10.6 Å². The van der Waals surface area contributed by atoms with Crippen LogP contribution in [0.3, 0.4) is 0 Å². The highest BCUT2D eigenvalue weighted by Gasteiger charge is 2.16. The number of amidine groups is 1. The smallest absolute Gasteiger partial charge is 0.230 e. The van der Waals surface area contributed by atoms with Gasteiger partial charge in [-0.05, 0) is 30.5 Å². The van der Waals surface area contributed by atoms with Gasteiger partial charge in [0.15, 0.2) is 5.12 Å². The zero-order valence-electron chi connectivity index (χ0n) is 15.7. The number of rotatable bonds is 9. The van der Waals surface area contributed by atoms with Gasteiger partial charge in [-0.3, -0.25) is 14.4 Å². The van der Waals surface area contributed by atoms with Crippen LogP contribution in [0.25, 0.3) is 0 Å². The van der Waals surface area contributed by atoms with Crippen molar-refractivity contribution in [2.75, 3.05) is 12.3 Å². The fourth-order valence-electron chi connectivity index (χ4n) is 2.48. The summed E-state index contributed by atoms with van der Waals surface area (Å²) < 4.78 is 0. The lowest BCUT2D eigenvalue weighted by Crippen LogP contribution is -2.30. The first-order chi connectivity index (χ1) is 13.4. The third-order valence-electron chi connectivity index (χ3n) is 3.90. The summed E-state index contributed by atoms with van der Waals surface area (Å²) in [6, 6.07) is 7.33. The molecule has 9 heteroatoms. The lowest BCUT2D eigenvalue weighted by atomic mass is 10.1. The van der Waals surface area contributed by atoms with Crippen LogP contribution in [0, 0.1) is 0 Å². The van der Waals surface area contributed by atoms with Crippen molar-refractivity contribution in [3.05, 3.63) is 34.9 Å². The molecule has 1 aromatic carbocycles. The highest BCUT2D eigenvalue weighted by atomic mass is 35.5. The van der Waals surface area contributed by atoms with Gasteiger partial charge in [0.05, 0.1) is 17.9 Å². The number of halogens is 1. The van der Waals surface area contributed by atoms with Crippen LogP contribution >= 0.6 is 23.4 Å². The summed E-state index contributed by atoms with van der Waals surface area (Å²) in [7, 11) is 0. The fourth-order valence-corrected chi connectivity index (χ4v) is 3.04. The van der Waals surface area contributed by atoms with Crippen molar-refractivity contribution in [3.8, 4) is 0 Å².